The maximum atomic E-state index is 12.7. The molecule has 0 unspecified atom stereocenters. The van der Waals surface area contributed by atoms with Gasteiger partial charge in [-0.1, -0.05) is 31.2 Å². The lowest BCUT2D eigenvalue weighted by atomic mass is 9.99. The van der Waals surface area contributed by atoms with Gasteiger partial charge in [0.1, 0.15) is 0 Å². The number of benzene rings is 2. The lowest BCUT2D eigenvalue weighted by Crippen LogP contribution is -2.34. The predicted molar refractivity (Wildman–Crippen MR) is 116 cm³/mol. The summed E-state index contributed by atoms with van der Waals surface area (Å²) >= 11 is 0. The van der Waals surface area contributed by atoms with E-state index in [4.69, 9.17) is 9.15 Å². The Bertz CT molecular complexity index is 993. The monoisotopic (exact) mass is 392 g/mol. The number of hydrogen-bond acceptors (Lipinski definition) is 4. The van der Waals surface area contributed by atoms with Crippen molar-refractivity contribution < 1.29 is 13.9 Å². The van der Waals surface area contributed by atoms with Gasteiger partial charge >= 0.3 is 0 Å². The van der Waals surface area contributed by atoms with Crippen LogP contribution in [-0.4, -0.2) is 26.1 Å². The summed E-state index contributed by atoms with van der Waals surface area (Å²) in [4.78, 5) is 15.1. The lowest BCUT2D eigenvalue weighted by molar-refractivity contribution is 0.0914. The van der Waals surface area contributed by atoms with Gasteiger partial charge in [-0.05, 0) is 55.5 Å². The molecule has 0 bridgehead atoms. The van der Waals surface area contributed by atoms with Crippen LogP contribution in [0.5, 0.6) is 5.75 Å². The Kier molecular flexibility index (Phi) is 5.47. The van der Waals surface area contributed by atoms with Crippen molar-refractivity contribution in [1.29, 1.82) is 0 Å². The van der Waals surface area contributed by atoms with Crippen molar-refractivity contribution in [3.05, 3.63) is 59.9 Å². The molecule has 1 aromatic heterocycles. The highest BCUT2D eigenvalue weighted by atomic mass is 16.5. The zero-order valence-corrected chi connectivity index (χ0v) is 17.3. The van der Waals surface area contributed by atoms with E-state index >= 15 is 0 Å². The minimum atomic E-state index is -0.232. The zero-order chi connectivity index (χ0) is 20.4. The number of nitrogens with one attached hydrogen (secondary N) is 1. The summed E-state index contributed by atoms with van der Waals surface area (Å²) in [6, 6.07) is 15.7. The number of furan rings is 1. The molecule has 4 rings (SSSR count). The molecule has 5 nitrogen and oxygen atoms in total. The maximum absolute atomic E-state index is 12.7. The fraction of sp³-hybridized carbons (Fsp3) is 0.375. The first-order valence-electron chi connectivity index (χ1n) is 10.3. The Hall–Kier alpha value is -2.95. The summed E-state index contributed by atoms with van der Waals surface area (Å²) in [5.74, 6) is 1.42. The number of nitrogens with zero attached hydrogens (tertiary/aromatic N) is 1. The molecule has 0 aliphatic carbocycles. The molecule has 1 saturated heterocycles. The number of para-hydroxylation sites is 1. The topological polar surface area (TPSA) is 54.7 Å². The van der Waals surface area contributed by atoms with Crippen molar-refractivity contribution in [2.75, 3.05) is 25.1 Å². The first-order valence-corrected chi connectivity index (χ1v) is 10.3. The Labute approximate surface area is 171 Å². The smallest absolute Gasteiger partial charge is 0.287 e. The van der Waals surface area contributed by atoms with Crippen LogP contribution in [0.1, 0.15) is 48.8 Å². The van der Waals surface area contributed by atoms with Crippen molar-refractivity contribution in [3.63, 3.8) is 0 Å². The molecule has 152 valence electrons. The first-order chi connectivity index (χ1) is 14.0. The Morgan fingerprint density at radius 2 is 2.03 bits per heavy atom. The van der Waals surface area contributed by atoms with Gasteiger partial charge in [0.15, 0.2) is 17.1 Å². The van der Waals surface area contributed by atoms with E-state index in [9.17, 15) is 4.79 Å². The average Bonchev–Trinajstić information content (AvgIpc) is 3.18. The number of fused-ring (bicyclic) bond motifs is 1. The van der Waals surface area contributed by atoms with Gasteiger partial charge in [-0.2, -0.15) is 0 Å². The van der Waals surface area contributed by atoms with E-state index in [1.807, 2.05) is 25.1 Å². The van der Waals surface area contributed by atoms with Gasteiger partial charge in [-0.15, -0.1) is 0 Å². The van der Waals surface area contributed by atoms with Gasteiger partial charge in [-0.3, -0.25) is 4.79 Å². The minimum absolute atomic E-state index is 0.119. The van der Waals surface area contributed by atoms with Gasteiger partial charge < -0.3 is 19.4 Å². The molecular weight excluding hydrogens is 364 g/mol. The molecule has 2 atom stereocenters. The highest BCUT2D eigenvalue weighted by Crippen LogP contribution is 2.29. The normalized spacial score (nSPS) is 17.9. The molecule has 1 aliphatic rings. The number of carbonyl (C=O) groups is 1. The minimum Gasteiger partial charge on any atom is -0.493 e. The highest BCUT2D eigenvalue weighted by molar-refractivity contribution is 5.97. The molecule has 0 radical (unpaired) electrons. The van der Waals surface area contributed by atoms with Gasteiger partial charge in [0.2, 0.25) is 0 Å². The van der Waals surface area contributed by atoms with Crippen LogP contribution < -0.4 is 15.0 Å². The molecule has 1 N–H and O–H groups in total. The molecule has 1 aliphatic heterocycles. The summed E-state index contributed by atoms with van der Waals surface area (Å²) in [5, 5.41) is 3.88. The lowest BCUT2D eigenvalue weighted by Gasteiger charge is -2.33. The number of piperidine rings is 1. The number of methoxy groups -OCH3 is 1. The average molecular weight is 392 g/mol. The Balaban J connectivity index is 1.45. The van der Waals surface area contributed by atoms with Crippen LogP contribution >= 0.6 is 0 Å². The van der Waals surface area contributed by atoms with Crippen LogP contribution in [0.15, 0.2) is 52.9 Å². The van der Waals surface area contributed by atoms with E-state index < -0.39 is 0 Å². The van der Waals surface area contributed by atoms with Crippen molar-refractivity contribution in [2.45, 2.75) is 32.7 Å². The molecule has 2 heterocycles. The number of ether oxygens (including phenoxy) is 1. The van der Waals surface area contributed by atoms with E-state index in [0.29, 0.717) is 11.3 Å². The van der Waals surface area contributed by atoms with E-state index in [-0.39, 0.29) is 17.7 Å². The third kappa shape index (κ3) is 4.09. The Morgan fingerprint density at radius 3 is 2.76 bits per heavy atom. The summed E-state index contributed by atoms with van der Waals surface area (Å²) in [6.45, 7) is 6.53. The van der Waals surface area contributed by atoms with Crippen molar-refractivity contribution in [3.8, 4) is 5.75 Å². The van der Waals surface area contributed by atoms with E-state index in [1.54, 1.807) is 13.2 Å². The van der Waals surface area contributed by atoms with E-state index in [2.05, 4.69) is 41.4 Å². The van der Waals surface area contributed by atoms with Gasteiger partial charge in [-0.25, -0.2) is 0 Å². The highest BCUT2D eigenvalue weighted by Gasteiger charge is 2.19. The summed E-state index contributed by atoms with van der Waals surface area (Å²) < 4.78 is 11.1. The molecule has 1 fully saturated rings. The number of amides is 1. The van der Waals surface area contributed by atoms with Gasteiger partial charge in [0, 0.05) is 24.2 Å². The molecule has 0 saturated carbocycles. The third-order valence-electron chi connectivity index (χ3n) is 5.71. The summed E-state index contributed by atoms with van der Waals surface area (Å²) in [7, 11) is 1.59. The fourth-order valence-electron chi connectivity index (χ4n) is 4.06. The van der Waals surface area contributed by atoms with E-state index in [0.717, 1.165) is 30.0 Å². The number of anilines is 1. The van der Waals surface area contributed by atoms with Crippen molar-refractivity contribution >= 4 is 22.6 Å². The second-order valence-corrected chi connectivity index (χ2v) is 7.97. The predicted octanol–water partition coefficient (Wildman–Crippen LogP) is 5.17. The third-order valence-corrected chi connectivity index (χ3v) is 5.71. The molecule has 1 amide bonds. The second-order valence-electron chi connectivity index (χ2n) is 7.97. The molecule has 2 aromatic carbocycles. The molecule has 29 heavy (non-hydrogen) atoms. The van der Waals surface area contributed by atoms with Crippen LogP contribution in [0.25, 0.3) is 11.0 Å². The SMILES string of the molecule is COc1cccc2cc(C(=O)N[C@H](C)c3ccc(N4CCC[C@H](C)C4)cc3)oc12. The summed E-state index contributed by atoms with van der Waals surface area (Å²) in [6.07, 6.45) is 2.56. The van der Waals surface area contributed by atoms with Gasteiger partial charge in [0.25, 0.3) is 5.91 Å². The fourth-order valence-corrected chi connectivity index (χ4v) is 4.06. The maximum Gasteiger partial charge on any atom is 0.287 e. The van der Waals surface area contributed by atoms with Crippen molar-refractivity contribution in [2.24, 2.45) is 5.92 Å². The first kappa shape index (κ1) is 19.4. The Morgan fingerprint density at radius 1 is 1.24 bits per heavy atom. The number of carbonyl (C=O) groups excluding carboxylic acids is 1. The second kappa shape index (κ2) is 8.19. The van der Waals surface area contributed by atoms with Crippen LogP contribution in [0.3, 0.4) is 0 Å². The molecule has 3 aromatic rings. The van der Waals surface area contributed by atoms with Crippen molar-refractivity contribution in [1.82, 2.24) is 5.32 Å². The van der Waals surface area contributed by atoms with Crippen LogP contribution in [0, 0.1) is 5.92 Å². The van der Waals surface area contributed by atoms with E-state index in [1.165, 1.54) is 18.5 Å². The number of rotatable bonds is 5. The van der Waals surface area contributed by atoms with Gasteiger partial charge in [0.05, 0.1) is 13.2 Å². The van der Waals surface area contributed by atoms with Crippen LogP contribution in [0.4, 0.5) is 5.69 Å². The van der Waals surface area contributed by atoms with Crippen LogP contribution in [0.2, 0.25) is 0 Å². The number of hydrogen-bond donors (Lipinski definition) is 1. The molecule has 5 heteroatoms. The van der Waals surface area contributed by atoms with Crippen LogP contribution in [-0.2, 0) is 0 Å². The largest absolute Gasteiger partial charge is 0.493 e. The summed E-state index contributed by atoms with van der Waals surface area (Å²) in [5.41, 5.74) is 2.91. The zero-order valence-electron chi connectivity index (χ0n) is 17.3. The standard InChI is InChI=1S/C24H28N2O3/c1-16-6-5-13-26(15-16)20-11-9-18(10-12-20)17(2)25-24(27)22-14-19-7-4-8-21(28-3)23(19)29-22/h4,7-12,14,16-17H,5-6,13,15H2,1-3H3,(H,25,27)/t16-,17+/m0/s1. The molecular formula is C24H28N2O3. The molecule has 0 spiro atoms. The quantitative estimate of drug-likeness (QED) is 0.651.